The highest BCUT2D eigenvalue weighted by Crippen LogP contribution is 2.49. The molecular formula is C16H16O4. The Bertz CT molecular complexity index is 617. The van der Waals surface area contributed by atoms with Gasteiger partial charge in [0.15, 0.2) is 0 Å². The zero-order valence-electron chi connectivity index (χ0n) is 11.0. The standard InChI is InChI=1S/C16H16O4/c17-14(18)13-9-10-5-3-4-8-16(13,15(19)20)12-7-2-1-6-11(10)12/h1-2,6-7,9,13H,3-5,8H2,(H,17,18)(H,19,20). The van der Waals surface area contributed by atoms with Crippen LogP contribution in [0.1, 0.15) is 36.8 Å². The summed E-state index contributed by atoms with van der Waals surface area (Å²) in [6.07, 6.45) is 4.50. The van der Waals surface area contributed by atoms with Gasteiger partial charge in [-0.2, -0.15) is 0 Å². The number of benzene rings is 1. The lowest BCUT2D eigenvalue weighted by molar-refractivity contribution is -0.155. The summed E-state index contributed by atoms with van der Waals surface area (Å²) in [7, 11) is 0. The molecule has 0 aromatic heterocycles. The number of carboxylic acid groups (broad SMARTS) is 2. The Labute approximate surface area is 116 Å². The van der Waals surface area contributed by atoms with Crippen LogP contribution in [-0.4, -0.2) is 22.2 Å². The van der Waals surface area contributed by atoms with Crippen molar-refractivity contribution in [3.05, 3.63) is 41.5 Å². The topological polar surface area (TPSA) is 74.6 Å². The predicted molar refractivity (Wildman–Crippen MR) is 73.3 cm³/mol. The number of carbonyl (C=O) groups is 2. The average Bonchev–Trinajstić information content (AvgIpc) is 2.38. The minimum Gasteiger partial charge on any atom is -0.481 e. The van der Waals surface area contributed by atoms with Gasteiger partial charge >= 0.3 is 11.9 Å². The van der Waals surface area contributed by atoms with Crippen LogP contribution in [0.25, 0.3) is 5.57 Å². The number of hydrogen-bond donors (Lipinski definition) is 2. The molecule has 3 rings (SSSR count). The minimum atomic E-state index is -1.33. The van der Waals surface area contributed by atoms with Crippen molar-refractivity contribution in [2.24, 2.45) is 5.92 Å². The van der Waals surface area contributed by atoms with Crippen LogP contribution in [0.4, 0.5) is 0 Å². The van der Waals surface area contributed by atoms with E-state index in [-0.39, 0.29) is 0 Å². The van der Waals surface area contributed by atoms with Gasteiger partial charge in [0.05, 0.1) is 5.92 Å². The molecule has 1 aromatic carbocycles. The minimum absolute atomic E-state index is 0.375. The van der Waals surface area contributed by atoms with E-state index in [1.165, 1.54) is 0 Å². The summed E-state index contributed by atoms with van der Waals surface area (Å²) in [6.45, 7) is 0. The third kappa shape index (κ3) is 1.60. The lowest BCUT2D eigenvalue weighted by atomic mass is 9.60. The molecule has 4 nitrogen and oxygen atoms in total. The molecule has 0 spiro atoms. The Hall–Kier alpha value is -2.10. The van der Waals surface area contributed by atoms with E-state index in [9.17, 15) is 19.8 Å². The Morgan fingerprint density at radius 3 is 2.60 bits per heavy atom. The van der Waals surface area contributed by atoms with Gasteiger partial charge in [0.1, 0.15) is 5.41 Å². The molecule has 2 bridgehead atoms. The van der Waals surface area contributed by atoms with Crippen molar-refractivity contribution in [3.8, 4) is 0 Å². The lowest BCUT2D eigenvalue weighted by Gasteiger charge is -2.41. The van der Waals surface area contributed by atoms with E-state index in [0.29, 0.717) is 12.0 Å². The van der Waals surface area contributed by atoms with Gasteiger partial charge in [-0.15, -0.1) is 0 Å². The predicted octanol–water partition coefficient (Wildman–Crippen LogP) is 2.68. The summed E-state index contributed by atoms with van der Waals surface area (Å²) in [5.41, 5.74) is 1.22. The van der Waals surface area contributed by atoms with E-state index in [2.05, 4.69) is 0 Å². The molecular weight excluding hydrogens is 256 g/mol. The molecule has 104 valence electrons. The maximum absolute atomic E-state index is 12.0. The maximum Gasteiger partial charge on any atom is 0.315 e. The molecule has 2 aliphatic carbocycles. The normalized spacial score (nSPS) is 28.0. The molecule has 0 amide bonds. The molecule has 2 atom stereocenters. The highest BCUT2D eigenvalue weighted by molar-refractivity contribution is 5.95. The smallest absolute Gasteiger partial charge is 0.315 e. The quantitative estimate of drug-likeness (QED) is 0.868. The highest BCUT2D eigenvalue weighted by Gasteiger charge is 2.53. The van der Waals surface area contributed by atoms with E-state index in [4.69, 9.17) is 0 Å². The maximum atomic E-state index is 12.0. The third-order valence-electron chi connectivity index (χ3n) is 4.57. The Morgan fingerprint density at radius 2 is 1.90 bits per heavy atom. The Morgan fingerprint density at radius 1 is 1.15 bits per heavy atom. The zero-order valence-corrected chi connectivity index (χ0v) is 11.0. The fourth-order valence-corrected chi connectivity index (χ4v) is 3.62. The van der Waals surface area contributed by atoms with Crippen molar-refractivity contribution in [1.82, 2.24) is 0 Å². The largest absolute Gasteiger partial charge is 0.481 e. The Balaban J connectivity index is 2.34. The van der Waals surface area contributed by atoms with Crippen molar-refractivity contribution in [2.45, 2.75) is 31.1 Å². The number of aliphatic carboxylic acids is 2. The molecule has 0 aliphatic heterocycles. The van der Waals surface area contributed by atoms with Gasteiger partial charge < -0.3 is 10.2 Å². The van der Waals surface area contributed by atoms with Crippen molar-refractivity contribution in [1.29, 1.82) is 0 Å². The van der Waals surface area contributed by atoms with E-state index < -0.39 is 23.3 Å². The van der Waals surface area contributed by atoms with Gasteiger partial charge in [-0.1, -0.05) is 36.8 Å². The molecule has 4 heteroatoms. The van der Waals surface area contributed by atoms with Crippen LogP contribution in [0.5, 0.6) is 0 Å². The van der Waals surface area contributed by atoms with E-state index in [0.717, 1.165) is 30.4 Å². The van der Waals surface area contributed by atoms with Gasteiger partial charge in [0.2, 0.25) is 0 Å². The van der Waals surface area contributed by atoms with Crippen molar-refractivity contribution < 1.29 is 19.8 Å². The molecule has 20 heavy (non-hydrogen) atoms. The monoisotopic (exact) mass is 272 g/mol. The summed E-state index contributed by atoms with van der Waals surface area (Å²) in [4.78, 5) is 23.6. The van der Waals surface area contributed by atoms with Crippen LogP contribution in [0.15, 0.2) is 30.3 Å². The first kappa shape index (κ1) is 12.9. The molecule has 0 fully saturated rings. The molecule has 2 N–H and O–H groups in total. The molecule has 0 saturated heterocycles. The molecule has 0 saturated carbocycles. The number of hydrogen-bond acceptors (Lipinski definition) is 2. The fraction of sp³-hybridized carbons (Fsp3) is 0.375. The molecule has 2 aliphatic rings. The van der Waals surface area contributed by atoms with Gasteiger partial charge in [-0.3, -0.25) is 9.59 Å². The molecule has 0 radical (unpaired) electrons. The van der Waals surface area contributed by atoms with Crippen molar-refractivity contribution in [2.75, 3.05) is 0 Å². The van der Waals surface area contributed by atoms with E-state index in [1.54, 1.807) is 18.2 Å². The number of rotatable bonds is 2. The van der Waals surface area contributed by atoms with Crippen LogP contribution in [-0.2, 0) is 15.0 Å². The van der Waals surface area contributed by atoms with Crippen LogP contribution in [0, 0.1) is 5.92 Å². The summed E-state index contributed by atoms with van der Waals surface area (Å²) in [5, 5.41) is 19.3. The van der Waals surface area contributed by atoms with Crippen LogP contribution in [0.3, 0.4) is 0 Å². The third-order valence-corrected chi connectivity index (χ3v) is 4.57. The van der Waals surface area contributed by atoms with Crippen LogP contribution >= 0.6 is 0 Å². The van der Waals surface area contributed by atoms with Crippen LogP contribution < -0.4 is 0 Å². The second kappa shape index (κ2) is 4.47. The van der Waals surface area contributed by atoms with Gasteiger partial charge in [0, 0.05) is 0 Å². The zero-order chi connectivity index (χ0) is 14.3. The first-order chi connectivity index (χ1) is 9.57. The highest BCUT2D eigenvalue weighted by atomic mass is 16.4. The second-order valence-corrected chi connectivity index (χ2v) is 5.54. The van der Waals surface area contributed by atoms with Gasteiger partial charge in [-0.05, 0) is 36.0 Å². The summed E-state index contributed by atoms with van der Waals surface area (Å²) >= 11 is 0. The van der Waals surface area contributed by atoms with E-state index in [1.807, 2.05) is 12.1 Å². The number of carboxylic acids is 2. The number of fused-ring (bicyclic) bond motifs is 5. The summed E-state index contributed by atoms with van der Waals surface area (Å²) in [6, 6.07) is 7.35. The SMILES string of the molecule is O=C(O)C1C=C2CCCCC1(C(=O)O)c1ccccc12. The van der Waals surface area contributed by atoms with Crippen molar-refractivity contribution in [3.63, 3.8) is 0 Å². The Kier molecular flexibility index (Phi) is 2.89. The fourth-order valence-electron chi connectivity index (χ4n) is 3.62. The molecule has 2 unspecified atom stereocenters. The lowest BCUT2D eigenvalue weighted by Crippen LogP contribution is -2.48. The first-order valence-corrected chi connectivity index (χ1v) is 6.84. The summed E-state index contributed by atoms with van der Waals surface area (Å²) in [5.74, 6) is -3.07. The number of allylic oxidation sites excluding steroid dienone is 1. The second-order valence-electron chi connectivity index (χ2n) is 5.54. The molecule has 1 aromatic rings. The van der Waals surface area contributed by atoms with E-state index >= 15 is 0 Å². The van der Waals surface area contributed by atoms with Gasteiger partial charge in [0.25, 0.3) is 0 Å². The average molecular weight is 272 g/mol. The van der Waals surface area contributed by atoms with Gasteiger partial charge in [-0.25, -0.2) is 0 Å². The van der Waals surface area contributed by atoms with Crippen LogP contribution in [0.2, 0.25) is 0 Å². The van der Waals surface area contributed by atoms with Crippen molar-refractivity contribution >= 4 is 17.5 Å². The first-order valence-electron chi connectivity index (χ1n) is 6.84. The molecule has 0 heterocycles. The summed E-state index contributed by atoms with van der Waals surface area (Å²) < 4.78 is 0.